The van der Waals surface area contributed by atoms with Gasteiger partial charge >= 0.3 is 0 Å². The number of ether oxygens (including phenoxy) is 1. The van der Waals surface area contributed by atoms with Crippen LogP contribution in [0, 0.1) is 11.3 Å². The van der Waals surface area contributed by atoms with E-state index in [4.69, 9.17) is 10.00 Å². The van der Waals surface area contributed by atoms with E-state index in [0.29, 0.717) is 13.0 Å². The Balaban J connectivity index is 1.95. The molecule has 0 bridgehead atoms. The van der Waals surface area contributed by atoms with Crippen molar-refractivity contribution in [3.05, 3.63) is 18.1 Å². The van der Waals surface area contributed by atoms with Gasteiger partial charge < -0.3 is 9.64 Å². The highest BCUT2D eigenvalue weighted by Crippen LogP contribution is 2.19. The molecule has 0 aliphatic carbocycles. The molecule has 2 heterocycles. The van der Waals surface area contributed by atoms with Gasteiger partial charge in [0.25, 0.3) is 5.88 Å². The molecule has 1 unspecified atom stereocenters. The van der Waals surface area contributed by atoms with Crippen molar-refractivity contribution in [2.75, 3.05) is 13.1 Å². The van der Waals surface area contributed by atoms with Gasteiger partial charge in [-0.2, -0.15) is 5.26 Å². The zero-order valence-corrected chi connectivity index (χ0v) is 12.3. The van der Waals surface area contributed by atoms with Gasteiger partial charge in [0.05, 0.1) is 6.54 Å². The molecule has 1 amide bonds. The average Bonchev–Trinajstić information content (AvgIpc) is 2.53. The lowest BCUT2D eigenvalue weighted by atomic mass is 10.1. The molecule has 0 saturated carbocycles. The monoisotopic (exact) mass is 288 g/mol. The standard InChI is InChI=1S/C15H20N4O2/c1-2-3-6-14(20)19-9-4-5-12(11-19)21-15-13(10-16)17-7-8-18-15/h7-8,12H,2-6,9,11H2,1H3. The normalized spacial score (nSPS) is 18.1. The first-order valence-corrected chi connectivity index (χ1v) is 7.40. The van der Waals surface area contributed by atoms with Crippen molar-refractivity contribution in [2.45, 2.75) is 45.1 Å². The fraction of sp³-hybridized carbons (Fsp3) is 0.600. The summed E-state index contributed by atoms with van der Waals surface area (Å²) in [5.74, 6) is 0.442. The Labute approximate surface area is 124 Å². The molecule has 1 saturated heterocycles. The molecule has 0 N–H and O–H groups in total. The smallest absolute Gasteiger partial charge is 0.251 e. The third-order valence-electron chi connectivity index (χ3n) is 3.52. The minimum atomic E-state index is -0.117. The van der Waals surface area contributed by atoms with E-state index in [-0.39, 0.29) is 23.6 Å². The van der Waals surface area contributed by atoms with Crippen LogP contribution in [-0.2, 0) is 4.79 Å². The van der Waals surface area contributed by atoms with E-state index in [0.717, 1.165) is 32.2 Å². The van der Waals surface area contributed by atoms with E-state index in [1.807, 2.05) is 11.0 Å². The summed E-state index contributed by atoms with van der Waals surface area (Å²) >= 11 is 0. The van der Waals surface area contributed by atoms with Crippen LogP contribution in [0.5, 0.6) is 5.88 Å². The summed E-state index contributed by atoms with van der Waals surface area (Å²) in [6, 6.07) is 1.97. The third kappa shape index (κ3) is 4.15. The molecule has 6 nitrogen and oxygen atoms in total. The quantitative estimate of drug-likeness (QED) is 0.827. The van der Waals surface area contributed by atoms with Crippen LogP contribution in [0.4, 0.5) is 0 Å². The van der Waals surface area contributed by atoms with Crippen molar-refractivity contribution in [3.63, 3.8) is 0 Å². The maximum atomic E-state index is 12.1. The predicted octanol–water partition coefficient (Wildman–Crippen LogP) is 1.91. The van der Waals surface area contributed by atoms with Gasteiger partial charge in [-0.1, -0.05) is 13.3 Å². The number of piperidine rings is 1. The first-order valence-electron chi connectivity index (χ1n) is 7.40. The van der Waals surface area contributed by atoms with Gasteiger partial charge in [0, 0.05) is 25.4 Å². The second-order valence-corrected chi connectivity index (χ2v) is 5.15. The summed E-state index contributed by atoms with van der Waals surface area (Å²) in [5.41, 5.74) is 0.187. The zero-order valence-electron chi connectivity index (χ0n) is 12.3. The SMILES string of the molecule is CCCCC(=O)N1CCCC(Oc2nccnc2C#N)C1. The summed E-state index contributed by atoms with van der Waals surface area (Å²) < 4.78 is 5.77. The molecule has 1 aromatic heterocycles. The first-order chi connectivity index (χ1) is 10.2. The summed E-state index contributed by atoms with van der Waals surface area (Å²) in [6.07, 6.45) is 7.15. The lowest BCUT2D eigenvalue weighted by molar-refractivity contribution is -0.134. The number of carbonyl (C=O) groups excluding carboxylic acids is 1. The number of nitrogens with zero attached hydrogens (tertiary/aromatic N) is 4. The number of aromatic nitrogens is 2. The molecule has 1 aliphatic rings. The van der Waals surface area contributed by atoms with E-state index in [9.17, 15) is 4.79 Å². The molecule has 1 aliphatic heterocycles. The molecule has 1 fully saturated rings. The van der Waals surface area contributed by atoms with Gasteiger partial charge in [-0.3, -0.25) is 4.79 Å². The molecule has 1 aromatic rings. The second kappa shape index (κ2) is 7.58. The van der Waals surface area contributed by atoms with Crippen LogP contribution in [0.2, 0.25) is 0 Å². The third-order valence-corrected chi connectivity index (χ3v) is 3.52. The Hall–Kier alpha value is -2.16. The van der Waals surface area contributed by atoms with Crippen molar-refractivity contribution in [3.8, 4) is 11.9 Å². The number of hydrogen-bond donors (Lipinski definition) is 0. The van der Waals surface area contributed by atoms with Crippen molar-refractivity contribution < 1.29 is 9.53 Å². The number of amides is 1. The zero-order chi connectivity index (χ0) is 15.1. The number of unbranched alkanes of at least 4 members (excludes halogenated alkanes) is 1. The Kier molecular flexibility index (Phi) is 5.50. The molecule has 6 heteroatoms. The van der Waals surface area contributed by atoms with Crippen LogP contribution < -0.4 is 4.74 Å². The lowest BCUT2D eigenvalue weighted by Crippen LogP contribution is -2.44. The van der Waals surface area contributed by atoms with Crippen LogP contribution in [0.15, 0.2) is 12.4 Å². The maximum Gasteiger partial charge on any atom is 0.251 e. The van der Waals surface area contributed by atoms with E-state index in [2.05, 4.69) is 16.9 Å². The second-order valence-electron chi connectivity index (χ2n) is 5.15. The van der Waals surface area contributed by atoms with Gasteiger partial charge in [0.2, 0.25) is 11.6 Å². The number of likely N-dealkylation sites (tertiary alicyclic amines) is 1. The molecular weight excluding hydrogens is 268 g/mol. The van der Waals surface area contributed by atoms with E-state index in [1.54, 1.807) is 0 Å². The molecule has 0 aromatic carbocycles. The highest BCUT2D eigenvalue weighted by molar-refractivity contribution is 5.76. The largest absolute Gasteiger partial charge is 0.470 e. The Morgan fingerprint density at radius 3 is 3.10 bits per heavy atom. The summed E-state index contributed by atoms with van der Waals surface area (Å²) in [4.78, 5) is 21.9. The van der Waals surface area contributed by atoms with Crippen molar-refractivity contribution in [1.29, 1.82) is 5.26 Å². The van der Waals surface area contributed by atoms with Crippen molar-refractivity contribution in [1.82, 2.24) is 14.9 Å². The average molecular weight is 288 g/mol. The van der Waals surface area contributed by atoms with Crippen LogP contribution in [-0.4, -0.2) is 40.0 Å². The van der Waals surface area contributed by atoms with Gasteiger partial charge in [0.1, 0.15) is 12.2 Å². The number of carbonyl (C=O) groups is 1. The molecule has 0 radical (unpaired) electrons. The fourth-order valence-corrected chi connectivity index (χ4v) is 2.39. The highest BCUT2D eigenvalue weighted by atomic mass is 16.5. The topological polar surface area (TPSA) is 79.1 Å². The minimum absolute atomic E-state index is 0.117. The lowest BCUT2D eigenvalue weighted by Gasteiger charge is -2.32. The molecular formula is C15H20N4O2. The van der Waals surface area contributed by atoms with Crippen LogP contribution in [0.25, 0.3) is 0 Å². The first kappa shape index (κ1) is 15.2. The van der Waals surface area contributed by atoms with E-state index < -0.39 is 0 Å². The van der Waals surface area contributed by atoms with Crippen molar-refractivity contribution >= 4 is 5.91 Å². The van der Waals surface area contributed by atoms with Gasteiger partial charge in [-0.15, -0.1) is 0 Å². The molecule has 2 rings (SSSR count). The van der Waals surface area contributed by atoms with Gasteiger partial charge in [-0.25, -0.2) is 9.97 Å². The van der Waals surface area contributed by atoms with Crippen molar-refractivity contribution in [2.24, 2.45) is 0 Å². The predicted molar refractivity (Wildman–Crippen MR) is 76.5 cm³/mol. The number of hydrogen-bond acceptors (Lipinski definition) is 5. The van der Waals surface area contributed by atoms with Crippen LogP contribution >= 0.6 is 0 Å². The van der Waals surface area contributed by atoms with Crippen LogP contribution in [0.1, 0.15) is 44.7 Å². The molecule has 1 atom stereocenters. The highest BCUT2D eigenvalue weighted by Gasteiger charge is 2.25. The number of rotatable bonds is 5. The molecule has 112 valence electrons. The Morgan fingerprint density at radius 1 is 1.52 bits per heavy atom. The Morgan fingerprint density at radius 2 is 2.33 bits per heavy atom. The minimum Gasteiger partial charge on any atom is -0.470 e. The molecule has 21 heavy (non-hydrogen) atoms. The van der Waals surface area contributed by atoms with Gasteiger partial charge in [-0.05, 0) is 19.3 Å². The summed E-state index contributed by atoms with van der Waals surface area (Å²) in [5, 5.41) is 8.99. The number of nitriles is 1. The van der Waals surface area contributed by atoms with E-state index >= 15 is 0 Å². The van der Waals surface area contributed by atoms with Crippen LogP contribution in [0.3, 0.4) is 0 Å². The van der Waals surface area contributed by atoms with Gasteiger partial charge in [0.15, 0.2) is 0 Å². The van der Waals surface area contributed by atoms with E-state index in [1.165, 1.54) is 12.4 Å². The summed E-state index contributed by atoms with van der Waals surface area (Å²) in [6.45, 7) is 3.42. The maximum absolute atomic E-state index is 12.1. The summed E-state index contributed by atoms with van der Waals surface area (Å²) in [7, 11) is 0. The molecule has 0 spiro atoms. The Bertz CT molecular complexity index is 527. The fourth-order valence-electron chi connectivity index (χ4n) is 2.39.